The van der Waals surface area contributed by atoms with Crippen LogP contribution >= 0.6 is 0 Å². The molecular weight excluding hydrogens is 300 g/mol. The van der Waals surface area contributed by atoms with Crippen LogP contribution in [0.25, 0.3) is 10.9 Å². The normalized spacial score (nSPS) is 12.4. The summed E-state index contributed by atoms with van der Waals surface area (Å²) >= 11 is 0. The molecule has 1 aromatic heterocycles. The van der Waals surface area contributed by atoms with Gasteiger partial charge in [-0.25, -0.2) is 5.43 Å². The molecule has 0 aliphatic carbocycles. The first-order valence-electron chi connectivity index (χ1n) is 7.86. The number of fused-ring (bicyclic) bond motifs is 1. The van der Waals surface area contributed by atoms with Crippen LogP contribution in [0.15, 0.2) is 59.8 Å². The molecule has 1 heterocycles. The zero-order valence-electron chi connectivity index (χ0n) is 13.7. The predicted molar refractivity (Wildman–Crippen MR) is 98.3 cm³/mol. The maximum atomic E-state index is 12.1. The van der Waals surface area contributed by atoms with E-state index in [0.717, 1.165) is 27.7 Å². The Labute approximate surface area is 140 Å². The van der Waals surface area contributed by atoms with Crippen LogP contribution in [0.2, 0.25) is 0 Å². The smallest absolute Gasteiger partial charge is 0.262 e. The van der Waals surface area contributed by atoms with Gasteiger partial charge >= 0.3 is 0 Å². The third-order valence-electron chi connectivity index (χ3n) is 3.79. The molecule has 0 bridgehead atoms. The van der Waals surface area contributed by atoms with Gasteiger partial charge in [-0.15, -0.1) is 0 Å². The van der Waals surface area contributed by atoms with E-state index in [2.05, 4.69) is 20.8 Å². The van der Waals surface area contributed by atoms with Crippen LogP contribution in [0.5, 0.6) is 0 Å². The van der Waals surface area contributed by atoms with Gasteiger partial charge in [0.15, 0.2) is 0 Å². The van der Waals surface area contributed by atoms with Gasteiger partial charge in [-0.2, -0.15) is 5.10 Å². The van der Waals surface area contributed by atoms with Crippen molar-refractivity contribution in [2.45, 2.75) is 19.9 Å². The van der Waals surface area contributed by atoms with Gasteiger partial charge in [0.1, 0.15) is 6.04 Å². The molecule has 0 aliphatic rings. The molecule has 3 rings (SSSR count). The first kappa shape index (κ1) is 15.8. The Morgan fingerprint density at radius 2 is 2.04 bits per heavy atom. The quantitative estimate of drug-likeness (QED) is 0.498. The number of carbonyl (C=O) groups is 1. The van der Waals surface area contributed by atoms with Crippen molar-refractivity contribution in [1.29, 1.82) is 0 Å². The summed E-state index contributed by atoms with van der Waals surface area (Å²) in [4.78, 5) is 15.3. The van der Waals surface area contributed by atoms with Crippen molar-refractivity contribution in [2.75, 3.05) is 5.32 Å². The number of nitrogens with one attached hydrogen (secondary N) is 3. The molecule has 0 spiro atoms. The summed E-state index contributed by atoms with van der Waals surface area (Å²) in [6.07, 6.45) is 3.52. The summed E-state index contributed by atoms with van der Waals surface area (Å²) in [5.74, 6) is -0.187. The SMILES string of the molecule is Cc1cccc(NC(C)C(=O)N/N=C/c2c[nH]c3ccccc23)c1. The van der Waals surface area contributed by atoms with Crippen molar-refractivity contribution in [2.24, 2.45) is 5.10 Å². The van der Waals surface area contributed by atoms with Gasteiger partial charge in [-0.05, 0) is 37.6 Å². The minimum atomic E-state index is -0.382. The van der Waals surface area contributed by atoms with Crippen LogP contribution in [0.1, 0.15) is 18.1 Å². The fraction of sp³-hybridized carbons (Fsp3) is 0.158. The molecular formula is C19H20N4O. The zero-order chi connectivity index (χ0) is 16.9. The lowest BCUT2D eigenvalue weighted by Gasteiger charge is -2.13. The van der Waals surface area contributed by atoms with Crippen LogP contribution in [0.4, 0.5) is 5.69 Å². The summed E-state index contributed by atoms with van der Waals surface area (Å²) in [6, 6.07) is 15.5. The Kier molecular flexibility index (Phi) is 4.61. The van der Waals surface area contributed by atoms with E-state index in [1.54, 1.807) is 13.1 Å². The van der Waals surface area contributed by atoms with Crippen LogP contribution in [0.3, 0.4) is 0 Å². The molecule has 0 fully saturated rings. The standard InChI is InChI=1S/C19H20N4O/c1-13-6-5-7-16(10-13)22-14(2)19(24)23-21-12-15-11-20-18-9-4-3-8-17(15)18/h3-12,14,20,22H,1-2H3,(H,23,24)/b21-12+. The average Bonchev–Trinajstić information content (AvgIpc) is 2.98. The number of hydrogen-bond acceptors (Lipinski definition) is 3. The number of anilines is 1. The molecule has 2 aromatic carbocycles. The Balaban J connectivity index is 1.60. The molecule has 1 unspecified atom stereocenters. The van der Waals surface area contributed by atoms with Crippen molar-refractivity contribution in [3.05, 3.63) is 65.9 Å². The molecule has 0 aliphatic heterocycles. The molecule has 0 saturated heterocycles. The van der Waals surface area contributed by atoms with E-state index in [9.17, 15) is 4.79 Å². The predicted octanol–water partition coefficient (Wildman–Crippen LogP) is 3.43. The van der Waals surface area contributed by atoms with Crippen molar-refractivity contribution in [3.8, 4) is 0 Å². The van der Waals surface area contributed by atoms with Gasteiger partial charge < -0.3 is 10.3 Å². The number of carbonyl (C=O) groups excluding carboxylic acids is 1. The maximum absolute atomic E-state index is 12.1. The number of para-hydroxylation sites is 1. The zero-order valence-corrected chi connectivity index (χ0v) is 13.7. The Morgan fingerprint density at radius 1 is 1.21 bits per heavy atom. The fourth-order valence-electron chi connectivity index (χ4n) is 2.51. The third-order valence-corrected chi connectivity index (χ3v) is 3.79. The number of rotatable bonds is 5. The first-order chi connectivity index (χ1) is 11.6. The monoisotopic (exact) mass is 320 g/mol. The van der Waals surface area contributed by atoms with Gasteiger partial charge in [-0.3, -0.25) is 4.79 Å². The molecule has 24 heavy (non-hydrogen) atoms. The largest absolute Gasteiger partial charge is 0.374 e. The van der Waals surface area contributed by atoms with Gasteiger partial charge in [0.2, 0.25) is 0 Å². The molecule has 0 saturated carbocycles. The summed E-state index contributed by atoms with van der Waals surface area (Å²) < 4.78 is 0. The Morgan fingerprint density at radius 3 is 2.88 bits per heavy atom. The summed E-state index contributed by atoms with van der Waals surface area (Å²) in [5, 5.41) is 8.29. The highest BCUT2D eigenvalue weighted by Gasteiger charge is 2.11. The minimum Gasteiger partial charge on any atom is -0.374 e. The Bertz CT molecular complexity index is 882. The highest BCUT2D eigenvalue weighted by atomic mass is 16.2. The molecule has 1 atom stereocenters. The number of nitrogens with zero attached hydrogens (tertiary/aromatic N) is 1. The van der Waals surface area contributed by atoms with E-state index in [1.165, 1.54) is 0 Å². The maximum Gasteiger partial charge on any atom is 0.262 e. The molecule has 3 aromatic rings. The van der Waals surface area contributed by atoms with Crippen molar-refractivity contribution >= 4 is 28.7 Å². The first-order valence-corrected chi connectivity index (χ1v) is 7.86. The van der Waals surface area contributed by atoms with E-state index in [1.807, 2.05) is 61.7 Å². The van der Waals surface area contributed by atoms with Gasteiger partial charge in [-0.1, -0.05) is 30.3 Å². The van der Waals surface area contributed by atoms with E-state index in [0.29, 0.717) is 0 Å². The molecule has 5 nitrogen and oxygen atoms in total. The highest BCUT2D eigenvalue weighted by Crippen LogP contribution is 2.15. The number of benzene rings is 2. The summed E-state index contributed by atoms with van der Waals surface area (Å²) in [6.45, 7) is 3.82. The van der Waals surface area contributed by atoms with Crippen LogP contribution < -0.4 is 10.7 Å². The van der Waals surface area contributed by atoms with E-state index >= 15 is 0 Å². The fourth-order valence-corrected chi connectivity index (χ4v) is 2.51. The molecule has 5 heteroatoms. The average molecular weight is 320 g/mol. The molecule has 0 radical (unpaired) electrons. The summed E-state index contributed by atoms with van der Waals surface area (Å²) in [5.41, 5.74) is 6.61. The number of aromatic amines is 1. The van der Waals surface area contributed by atoms with Gasteiger partial charge in [0, 0.05) is 28.4 Å². The molecule has 122 valence electrons. The highest BCUT2D eigenvalue weighted by molar-refractivity contribution is 5.99. The second-order valence-corrected chi connectivity index (χ2v) is 5.76. The number of aromatic nitrogens is 1. The van der Waals surface area contributed by atoms with E-state index in [4.69, 9.17) is 0 Å². The number of hydrazone groups is 1. The number of hydrogen-bond donors (Lipinski definition) is 3. The summed E-state index contributed by atoms with van der Waals surface area (Å²) in [7, 11) is 0. The van der Waals surface area contributed by atoms with E-state index < -0.39 is 0 Å². The van der Waals surface area contributed by atoms with Crippen LogP contribution in [-0.2, 0) is 4.79 Å². The van der Waals surface area contributed by atoms with Crippen molar-refractivity contribution < 1.29 is 4.79 Å². The topological polar surface area (TPSA) is 69.3 Å². The Hall–Kier alpha value is -3.08. The number of aryl methyl sites for hydroxylation is 1. The lowest BCUT2D eigenvalue weighted by atomic mass is 10.2. The third kappa shape index (κ3) is 3.63. The minimum absolute atomic E-state index is 0.187. The van der Waals surface area contributed by atoms with E-state index in [-0.39, 0.29) is 11.9 Å². The van der Waals surface area contributed by atoms with Crippen molar-refractivity contribution in [1.82, 2.24) is 10.4 Å². The number of amides is 1. The van der Waals surface area contributed by atoms with Crippen LogP contribution in [0, 0.1) is 6.92 Å². The second-order valence-electron chi connectivity index (χ2n) is 5.76. The number of H-pyrrole nitrogens is 1. The van der Waals surface area contributed by atoms with Crippen LogP contribution in [-0.4, -0.2) is 23.1 Å². The van der Waals surface area contributed by atoms with Gasteiger partial charge in [0.05, 0.1) is 6.21 Å². The lowest BCUT2D eigenvalue weighted by molar-refractivity contribution is -0.121. The van der Waals surface area contributed by atoms with Crippen molar-refractivity contribution in [3.63, 3.8) is 0 Å². The lowest BCUT2D eigenvalue weighted by Crippen LogP contribution is -2.34. The molecule has 3 N–H and O–H groups in total. The molecule has 1 amide bonds. The second kappa shape index (κ2) is 7.00. The van der Waals surface area contributed by atoms with Gasteiger partial charge in [0.25, 0.3) is 5.91 Å².